The molecule has 4 bridgehead atoms. The van der Waals surface area contributed by atoms with Crippen LogP contribution in [-0.2, 0) is 14.2 Å². The molecule has 2 saturated carbocycles. The summed E-state index contributed by atoms with van der Waals surface area (Å²) in [4.78, 5) is 28.4. The van der Waals surface area contributed by atoms with Crippen molar-refractivity contribution >= 4 is 12.2 Å². The fourth-order valence-electron chi connectivity index (χ4n) is 7.34. The van der Waals surface area contributed by atoms with Gasteiger partial charge >= 0.3 is 12.2 Å². The Morgan fingerprint density at radius 3 is 1.86 bits per heavy atom. The van der Waals surface area contributed by atoms with E-state index in [1.807, 2.05) is 18.7 Å². The van der Waals surface area contributed by atoms with Crippen LogP contribution in [0.3, 0.4) is 0 Å². The van der Waals surface area contributed by atoms with E-state index in [-0.39, 0.29) is 23.4 Å². The molecule has 4 saturated heterocycles. The molecule has 0 aromatic rings. The first kappa shape index (κ1) is 26.1. The third kappa shape index (κ3) is 5.37. The van der Waals surface area contributed by atoms with E-state index < -0.39 is 0 Å². The molecule has 0 aromatic carbocycles. The van der Waals surface area contributed by atoms with Gasteiger partial charge in [-0.05, 0) is 82.5 Å². The first-order chi connectivity index (χ1) is 17.0. The Bertz CT molecular complexity index is 822. The predicted octanol–water partition coefficient (Wildman–Crippen LogP) is 5.71. The van der Waals surface area contributed by atoms with Gasteiger partial charge in [0.2, 0.25) is 0 Å². The Labute approximate surface area is 217 Å². The zero-order valence-corrected chi connectivity index (χ0v) is 23.3. The Kier molecular flexibility index (Phi) is 7.01. The molecule has 0 aromatic heterocycles. The highest BCUT2D eigenvalue weighted by molar-refractivity contribution is 5.70. The van der Waals surface area contributed by atoms with Crippen LogP contribution in [0.15, 0.2) is 0 Å². The molecular weight excluding hydrogens is 456 g/mol. The molecule has 36 heavy (non-hydrogen) atoms. The van der Waals surface area contributed by atoms with Gasteiger partial charge < -0.3 is 24.0 Å². The largest absolute Gasteiger partial charge is 0.443 e. The number of amides is 2. The summed E-state index contributed by atoms with van der Waals surface area (Å²) in [5.74, 6) is 3.68. The lowest BCUT2D eigenvalue weighted by Crippen LogP contribution is -2.55. The van der Waals surface area contributed by atoms with E-state index in [0.717, 1.165) is 52.0 Å². The van der Waals surface area contributed by atoms with Crippen LogP contribution < -0.4 is 0 Å². The Balaban J connectivity index is 0.000000149. The van der Waals surface area contributed by atoms with Crippen molar-refractivity contribution in [3.63, 3.8) is 0 Å². The quantitative estimate of drug-likeness (QED) is 0.490. The van der Waals surface area contributed by atoms with Crippen molar-refractivity contribution in [3.8, 4) is 0 Å². The third-order valence-electron chi connectivity index (χ3n) is 9.92. The normalized spacial score (nSPS) is 36.9. The highest BCUT2D eigenvalue weighted by Gasteiger charge is 2.52. The molecule has 4 aliphatic heterocycles. The molecule has 6 aliphatic rings. The van der Waals surface area contributed by atoms with Crippen LogP contribution in [0.4, 0.5) is 9.59 Å². The van der Waals surface area contributed by atoms with Crippen LogP contribution in [-0.4, -0.2) is 71.6 Å². The maximum Gasteiger partial charge on any atom is 0.410 e. The number of hydrogen-bond donors (Lipinski definition) is 0. The molecule has 0 spiro atoms. The fraction of sp³-hybridized carbons (Fsp3) is 0.931. The molecule has 7 heteroatoms. The SMILES string of the molecule is CC(C)C1C2COCC1CN(C(=O)OC1(C)CC1)C2.CC(C)[C@@H]1CC2CCC1N2C(=O)OC1(C)CC1. The molecule has 4 unspecified atom stereocenters. The van der Waals surface area contributed by atoms with Crippen LogP contribution in [0.5, 0.6) is 0 Å². The number of nitrogens with zero attached hydrogens (tertiary/aromatic N) is 2. The highest BCUT2D eigenvalue weighted by atomic mass is 16.6. The zero-order valence-electron chi connectivity index (χ0n) is 23.3. The van der Waals surface area contributed by atoms with Gasteiger partial charge in [-0.25, -0.2) is 9.59 Å². The number of hydrogen-bond acceptors (Lipinski definition) is 5. The van der Waals surface area contributed by atoms with Crippen LogP contribution in [0.25, 0.3) is 0 Å². The van der Waals surface area contributed by atoms with Crippen LogP contribution in [0.1, 0.15) is 86.5 Å². The number of rotatable bonds is 4. The van der Waals surface area contributed by atoms with Gasteiger partial charge in [-0.15, -0.1) is 0 Å². The molecule has 2 amide bonds. The van der Waals surface area contributed by atoms with Crippen molar-refractivity contribution in [1.82, 2.24) is 9.80 Å². The van der Waals surface area contributed by atoms with Gasteiger partial charge in [0, 0.05) is 37.0 Å². The predicted molar refractivity (Wildman–Crippen MR) is 138 cm³/mol. The number of carbonyl (C=O) groups excluding carboxylic acids is 2. The summed E-state index contributed by atoms with van der Waals surface area (Å²) in [5, 5.41) is 0. The molecule has 7 nitrogen and oxygen atoms in total. The van der Waals surface area contributed by atoms with Crippen molar-refractivity contribution in [2.75, 3.05) is 26.3 Å². The standard InChI is InChI=1S/C15H25NO3.C14H23NO2/c1-10(2)13-11-6-16(7-12(13)9-18-8-11)14(17)19-15(3)4-5-15;1-9(2)11-8-10-4-5-12(11)15(10)13(16)17-14(3)6-7-14/h10-13H,4-9H2,1-3H3;9-12H,4-8H2,1-3H3/t;10?,11-,12?/m.0/s1. The molecule has 6 rings (SSSR count). The molecular formula is C29H48N2O5. The molecule has 4 heterocycles. The summed E-state index contributed by atoms with van der Waals surface area (Å²) >= 11 is 0. The minimum absolute atomic E-state index is 0.0411. The monoisotopic (exact) mass is 504 g/mol. The zero-order chi connectivity index (χ0) is 25.8. The van der Waals surface area contributed by atoms with Crippen molar-refractivity contribution < 1.29 is 23.8 Å². The number of carbonyl (C=O) groups is 2. The number of likely N-dealkylation sites (tertiary alicyclic amines) is 1. The van der Waals surface area contributed by atoms with E-state index in [0.29, 0.717) is 47.6 Å². The minimum atomic E-state index is -0.169. The second kappa shape index (κ2) is 9.67. The summed E-state index contributed by atoms with van der Waals surface area (Å²) in [6.07, 6.45) is 7.49. The van der Waals surface area contributed by atoms with Gasteiger partial charge in [0.1, 0.15) is 11.2 Å². The number of piperidine rings is 1. The lowest BCUT2D eigenvalue weighted by Gasteiger charge is -2.48. The lowest BCUT2D eigenvalue weighted by molar-refractivity contribution is -0.0950. The van der Waals surface area contributed by atoms with Crippen molar-refractivity contribution in [1.29, 1.82) is 0 Å². The summed E-state index contributed by atoms with van der Waals surface area (Å²) in [5.41, 5.74) is -0.302. The molecule has 2 aliphatic carbocycles. The van der Waals surface area contributed by atoms with Gasteiger partial charge in [-0.1, -0.05) is 27.7 Å². The molecule has 5 atom stereocenters. The van der Waals surface area contributed by atoms with E-state index in [9.17, 15) is 9.59 Å². The van der Waals surface area contributed by atoms with Crippen molar-refractivity contribution in [2.45, 2.75) is 110 Å². The maximum atomic E-state index is 12.2. The van der Waals surface area contributed by atoms with Crippen LogP contribution in [0.2, 0.25) is 0 Å². The van der Waals surface area contributed by atoms with E-state index in [1.54, 1.807) is 0 Å². The van der Waals surface area contributed by atoms with Gasteiger partial charge in [-0.2, -0.15) is 0 Å². The van der Waals surface area contributed by atoms with Gasteiger partial charge in [0.25, 0.3) is 0 Å². The summed E-state index contributed by atoms with van der Waals surface area (Å²) < 4.78 is 16.9. The smallest absolute Gasteiger partial charge is 0.410 e. The number of ether oxygens (including phenoxy) is 3. The lowest BCUT2D eigenvalue weighted by atomic mass is 9.71. The molecule has 6 fully saturated rings. The van der Waals surface area contributed by atoms with Crippen molar-refractivity contribution in [2.24, 2.45) is 35.5 Å². The minimum Gasteiger partial charge on any atom is -0.443 e. The topological polar surface area (TPSA) is 68.3 Å². The maximum absolute atomic E-state index is 12.2. The molecule has 0 radical (unpaired) electrons. The molecule has 0 N–H and O–H groups in total. The van der Waals surface area contributed by atoms with Gasteiger partial charge in [-0.3, -0.25) is 0 Å². The van der Waals surface area contributed by atoms with Crippen molar-refractivity contribution in [3.05, 3.63) is 0 Å². The average Bonchev–Trinajstić information content (AvgIpc) is 3.63. The molecule has 204 valence electrons. The first-order valence-electron chi connectivity index (χ1n) is 14.6. The Morgan fingerprint density at radius 2 is 1.39 bits per heavy atom. The average molecular weight is 505 g/mol. The van der Waals surface area contributed by atoms with Gasteiger partial charge in [0.05, 0.1) is 13.2 Å². The second-order valence-corrected chi connectivity index (χ2v) is 13.8. The third-order valence-corrected chi connectivity index (χ3v) is 9.92. The van der Waals surface area contributed by atoms with Crippen LogP contribution in [0, 0.1) is 35.5 Å². The highest BCUT2D eigenvalue weighted by Crippen LogP contribution is 2.47. The Hall–Kier alpha value is -1.50. The summed E-state index contributed by atoms with van der Waals surface area (Å²) in [7, 11) is 0. The van der Waals surface area contributed by atoms with Crippen LogP contribution >= 0.6 is 0 Å². The first-order valence-corrected chi connectivity index (χ1v) is 14.6. The summed E-state index contributed by atoms with van der Waals surface area (Å²) in [6.45, 7) is 16.4. The summed E-state index contributed by atoms with van der Waals surface area (Å²) in [6, 6.07) is 0.914. The Morgan fingerprint density at radius 1 is 0.833 bits per heavy atom. The van der Waals surface area contributed by atoms with Gasteiger partial charge in [0.15, 0.2) is 0 Å². The van der Waals surface area contributed by atoms with E-state index in [2.05, 4.69) is 32.6 Å². The van der Waals surface area contributed by atoms with E-state index in [1.165, 1.54) is 19.3 Å². The van der Waals surface area contributed by atoms with E-state index >= 15 is 0 Å². The van der Waals surface area contributed by atoms with E-state index in [4.69, 9.17) is 14.2 Å². The second-order valence-electron chi connectivity index (χ2n) is 13.8. The fourth-order valence-corrected chi connectivity index (χ4v) is 7.34. The number of fused-ring (bicyclic) bond motifs is 4.